The summed E-state index contributed by atoms with van der Waals surface area (Å²) in [5, 5.41) is 12.5. The Labute approximate surface area is 174 Å². The first-order valence-corrected chi connectivity index (χ1v) is 9.16. The second kappa shape index (κ2) is 8.91. The third kappa shape index (κ3) is 5.12. The lowest BCUT2D eigenvalue weighted by Gasteiger charge is -2.13. The molecule has 1 aliphatic heterocycles. The standard InChI is InChI=1S/C19H22ClN5O.BrH/c1-24-10-14(9-21-24)11-25-6-5-15(12-25)19-8-17(22-23-19)13-26-18-4-2-3-16(20)7-18;/h2-4,7-10,15H,5-6,11-13H2,1H3,(H,22,23);1H. The predicted octanol–water partition coefficient (Wildman–Crippen LogP) is 3.94. The van der Waals surface area contributed by atoms with Crippen LogP contribution in [0.25, 0.3) is 0 Å². The van der Waals surface area contributed by atoms with Crippen molar-refractivity contribution >= 4 is 28.6 Å². The molecule has 1 N–H and O–H groups in total. The topological polar surface area (TPSA) is 59.0 Å². The molecule has 27 heavy (non-hydrogen) atoms. The number of nitrogens with one attached hydrogen (secondary N) is 1. The summed E-state index contributed by atoms with van der Waals surface area (Å²) in [4.78, 5) is 2.46. The van der Waals surface area contributed by atoms with E-state index in [9.17, 15) is 0 Å². The molecule has 8 heteroatoms. The highest BCUT2D eigenvalue weighted by atomic mass is 79.9. The fourth-order valence-corrected chi connectivity index (χ4v) is 3.59. The minimum absolute atomic E-state index is 0. The molecule has 0 spiro atoms. The first kappa shape index (κ1) is 19.9. The van der Waals surface area contributed by atoms with Crippen LogP contribution in [0.1, 0.15) is 29.3 Å². The van der Waals surface area contributed by atoms with Gasteiger partial charge in [-0.3, -0.25) is 14.7 Å². The lowest BCUT2D eigenvalue weighted by molar-refractivity contribution is 0.301. The van der Waals surface area contributed by atoms with Crippen molar-refractivity contribution in [2.24, 2.45) is 7.05 Å². The van der Waals surface area contributed by atoms with Gasteiger partial charge in [0.25, 0.3) is 0 Å². The molecule has 0 saturated carbocycles. The van der Waals surface area contributed by atoms with E-state index in [1.807, 2.05) is 42.2 Å². The molecule has 144 valence electrons. The van der Waals surface area contributed by atoms with Gasteiger partial charge in [0.1, 0.15) is 12.4 Å². The van der Waals surface area contributed by atoms with Crippen LogP contribution in [-0.2, 0) is 20.2 Å². The highest BCUT2D eigenvalue weighted by molar-refractivity contribution is 8.93. The Bertz CT molecular complexity index is 880. The summed E-state index contributed by atoms with van der Waals surface area (Å²) in [5.41, 5.74) is 3.35. The molecule has 1 atom stereocenters. The number of benzene rings is 1. The van der Waals surface area contributed by atoms with Crippen molar-refractivity contribution in [3.05, 3.63) is 64.7 Å². The first-order chi connectivity index (χ1) is 12.7. The average molecular weight is 453 g/mol. The fraction of sp³-hybridized carbons (Fsp3) is 0.368. The second-order valence-corrected chi connectivity index (χ2v) is 7.24. The van der Waals surface area contributed by atoms with E-state index in [0.29, 0.717) is 17.5 Å². The lowest BCUT2D eigenvalue weighted by atomic mass is 10.1. The van der Waals surface area contributed by atoms with Gasteiger partial charge in [-0.25, -0.2) is 0 Å². The van der Waals surface area contributed by atoms with Crippen LogP contribution in [0.3, 0.4) is 0 Å². The maximum absolute atomic E-state index is 5.98. The molecular formula is C19H23BrClN5O. The molecule has 1 unspecified atom stereocenters. The van der Waals surface area contributed by atoms with Gasteiger partial charge < -0.3 is 4.74 Å². The zero-order chi connectivity index (χ0) is 17.9. The van der Waals surface area contributed by atoms with Crippen LogP contribution < -0.4 is 4.74 Å². The number of aromatic nitrogens is 4. The Morgan fingerprint density at radius 1 is 1.33 bits per heavy atom. The van der Waals surface area contributed by atoms with Crippen molar-refractivity contribution in [1.29, 1.82) is 0 Å². The average Bonchev–Trinajstić information content (AvgIpc) is 3.35. The highest BCUT2D eigenvalue weighted by Crippen LogP contribution is 2.27. The molecule has 2 aromatic heterocycles. The zero-order valence-corrected chi connectivity index (χ0v) is 17.6. The largest absolute Gasteiger partial charge is 0.487 e. The number of hydrogen-bond donors (Lipinski definition) is 1. The lowest BCUT2D eigenvalue weighted by Crippen LogP contribution is -2.19. The molecule has 1 aliphatic rings. The van der Waals surface area contributed by atoms with Crippen molar-refractivity contribution in [2.45, 2.75) is 25.5 Å². The maximum Gasteiger partial charge on any atom is 0.130 e. The van der Waals surface area contributed by atoms with Gasteiger partial charge in [0, 0.05) is 42.8 Å². The summed E-state index contributed by atoms with van der Waals surface area (Å²) in [6.07, 6.45) is 5.14. The number of halogens is 2. The number of aryl methyl sites for hydroxylation is 1. The Kier molecular flexibility index (Phi) is 6.57. The number of aromatic amines is 1. The van der Waals surface area contributed by atoms with Crippen LogP contribution in [0.5, 0.6) is 5.75 Å². The molecule has 4 rings (SSSR count). The van der Waals surface area contributed by atoms with Crippen molar-refractivity contribution in [2.75, 3.05) is 13.1 Å². The maximum atomic E-state index is 5.98. The van der Waals surface area contributed by atoms with E-state index >= 15 is 0 Å². The summed E-state index contributed by atoms with van der Waals surface area (Å²) in [5.74, 6) is 1.22. The van der Waals surface area contributed by atoms with Crippen LogP contribution in [0.2, 0.25) is 5.02 Å². The Morgan fingerprint density at radius 2 is 2.22 bits per heavy atom. The monoisotopic (exact) mass is 451 g/mol. The summed E-state index contributed by atoms with van der Waals surface area (Å²) in [7, 11) is 1.95. The van der Waals surface area contributed by atoms with Crippen LogP contribution in [0.4, 0.5) is 0 Å². The third-order valence-electron chi connectivity index (χ3n) is 4.70. The molecule has 0 aliphatic carbocycles. The quantitative estimate of drug-likeness (QED) is 0.615. The Hall–Kier alpha value is -1.83. The molecule has 3 aromatic rings. The van der Waals surface area contributed by atoms with Gasteiger partial charge in [0.2, 0.25) is 0 Å². The number of ether oxygens (including phenoxy) is 1. The first-order valence-electron chi connectivity index (χ1n) is 8.78. The van der Waals surface area contributed by atoms with Gasteiger partial charge in [0.05, 0.1) is 17.6 Å². The number of rotatable bonds is 6. The van der Waals surface area contributed by atoms with Gasteiger partial charge >= 0.3 is 0 Å². The van der Waals surface area contributed by atoms with Gasteiger partial charge in [-0.1, -0.05) is 17.7 Å². The van der Waals surface area contributed by atoms with Crippen molar-refractivity contribution in [3.8, 4) is 5.75 Å². The number of hydrogen-bond acceptors (Lipinski definition) is 4. The van der Waals surface area contributed by atoms with Crippen LogP contribution in [0, 0.1) is 0 Å². The van der Waals surface area contributed by atoms with E-state index in [4.69, 9.17) is 16.3 Å². The fourth-order valence-electron chi connectivity index (χ4n) is 3.41. The molecule has 3 heterocycles. The van der Waals surface area contributed by atoms with Crippen LogP contribution >= 0.6 is 28.6 Å². The van der Waals surface area contributed by atoms with E-state index in [0.717, 1.165) is 43.2 Å². The SMILES string of the molecule is Br.Cn1cc(CN2CCC(c3cc(COc4cccc(Cl)c4)[nH]n3)C2)cn1. The molecule has 1 aromatic carbocycles. The molecule has 0 radical (unpaired) electrons. The second-order valence-electron chi connectivity index (χ2n) is 6.81. The normalized spacial score (nSPS) is 17.0. The van der Waals surface area contributed by atoms with Gasteiger partial charge in [-0.15, -0.1) is 17.0 Å². The summed E-state index contributed by atoms with van der Waals surface area (Å²) in [6.45, 7) is 3.51. The van der Waals surface area contributed by atoms with Gasteiger partial charge in [-0.05, 0) is 37.2 Å². The zero-order valence-electron chi connectivity index (χ0n) is 15.1. The third-order valence-corrected chi connectivity index (χ3v) is 4.93. The van der Waals surface area contributed by atoms with E-state index in [1.165, 1.54) is 5.56 Å². The minimum Gasteiger partial charge on any atom is -0.487 e. The molecule has 1 saturated heterocycles. The smallest absolute Gasteiger partial charge is 0.130 e. The highest BCUT2D eigenvalue weighted by Gasteiger charge is 2.26. The Balaban J connectivity index is 0.00000210. The molecule has 1 fully saturated rings. The van der Waals surface area contributed by atoms with E-state index in [1.54, 1.807) is 0 Å². The van der Waals surface area contributed by atoms with Crippen molar-refractivity contribution < 1.29 is 4.74 Å². The molecule has 0 bridgehead atoms. The summed E-state index contributed by atoms with van der Waals surface area (Å²) >= 11 is 5.98. The van der Waals surface area contributed by atoms with Crippen molar-refractivity contribution in [1.82, 2.24) is 24.9 Å². The van der Waals surface area contributed by atoms with E-state index in [2.05, 4.69) is 32.5 Å². The predicted molar refractivity (Wildman–Crippen MR) is 111 cm³/mol. The summed E-state index contributed by atoms with van der Waals surface area (Å²) < 4.78 is 7.63. The van der Waals surface area contributed by atoms with E-state index < -0.39 is 0 Å². The van der Waals surface area contributed by atoms with Crippen molar-refractivity contribution in [3.63, 3.8) is 0 Å². The van der Waals surface area contributed by atoms with Gasteiger partial charge in [0.15, 0.2) is 0 Å². The van der Waals surface area contributed by atoms with Gasteiger partial charge in [-0.2, -0.15) is 10.2 Å². The van der Waals surface area contributed by atoms with E-state index in [-0.39, 0.29) is 17.0 Å². The summed E-state index contributed by atoms with van der Waals surface area (Å²) in [6, 6.07) is 9.54. The number of nitrogens with zero attached hydrogens (tertiary/aromatic N) is 4. The Morgan fingerprint density at radius 3 is 3.00 bits per heavy atom. The molecule has 0 amide bonds. The minimum atomic E-state index is 0. The molecule has 6 nitrogen and oxygen atoms in total. The molecular weight excluding hydrogens is 430 g/mol. The van der Waals surface area contributed by atoms with Crippen LogP contribution in [-0.4, -0.2) is 38.0 Å². The van der Waals surface area contributed by atoms with Crippen LogP contribution in [0.15, 0.2) is 42.7 Å². The number of H-pyrrole nitrogens is 1. The number of likely N-dealkylation sites (tertiary alicyclic amines) is 1.